The molecule has 0 fully saturated rings. The zero-order valence-electron chi connectivity index (χ0n) is 11.2. The molecule has 1 rings (SSSR count). The Bertz CT molecular complexity index is 476. The Morgan fingerprint density at radius 2 is 2.00 bits per heavy atom. The summed E-state index contributed by atoms with van der Waals surface area (Å²) in [5.74, 6) is -0.210. The van der Waals surface area contributed by atoms with Crippen LogP contribution < -0.4 is 10.3 Å². The monoisotopic (exact) mass is 253 g/mol. The second-order valence-electron chi connectivity index (χ2n) is 4.26. The molecule has 0 saturated carbocycles. The van der Waals surface area contributed by atoms with Gasteiger partial charge in [0.15, 0.2) is 5.75 Å². The Morgan fingerprint density at radius 3 is 2.56 bits per heavy atom. The van der Waals surface area contributed by atoms with Gasteiger partial charge in [-0.1, -0.05) is 0 Å². The van der Waals surface area contributed by atoms with Crippen molar-refractivity contribution in [3.05, 3.63) is 28.7 Å². The molecular formula is C13H19NO4. The molecule has 0 atom stereocenters. The number of carbonyl (C=O) groups is 1. The maximum atomic E-state index is 12.1. The van der Waals surface area contributed by atoms with Gasteiger partial charge in [-0.3, -0.25) is 9.36 Å². The highest BCUT2D eigenvalue weighted by molar-refractivity contribution is 5.77. The van der Waals surface area contributed by atoms with Crippen LogP contribution in [0.2, 0.25) is 0 Å². The van der Waals surface area contributed by atoms with E-state index in [1.165, 1.54) is 4.57 Å². The molecule has 1 aromatic rings. The van der Waals surface area contributed by atoms with Gasteiger partial charge in [-0.25, -0.2) is 4.79 Å². The van der Waals surface area contributed by atoms with E-state index < -0.39 is 11.5 Å². The molecule has 0 radical (unpaired) electrons. The Balaban J connectivity index is 3.20. The molecule has 0 aliphatic carbocycles. The highest BCUT2D eigenvalue weighted by Crippen LogP contribution is 2.16. The summed E-state index contributed by atoms with van der Waals surface area (Å²) in [5.41, 5.74) is -1.39. The standard InChI is InChI=1S/C13H19NO4/c1-5-17-10-8-7-9-14(11(10)15)13(3,4)12(16)18-6-2/h7-9H,5-6H2,1-4H3. The van der Waals surface area contributed by atoms with Gasteiger partial charge in [0.2, 0.25) is 0 Å². The van der Waals surface area contributed by atoms with Gasteiger partial charge in [0.25, 0.3) is 5.56 Å². The molecular weight excluding hydrogens is 234 g/mol. The van der Waals surface area contributed by atoms with Crippen molar-refractivity contribution in [2.45, 2.75) is 33.2 Å². The van der Waals surface area contributed by atoms with Crippen molar-refractivity contribution in [2.75, 3.05) is 13.2 Å². The summed E-state index contributed by atoms with van der Waals surface area (Å²) in [5, 5.41) is 0. The van der Waals surface area contributed by atoms with Crippen molar-refractivity contribution in [1.29, 1.82) is 0 Å². The molecule has 0 aromatic carbocycles. The van der Waals surface area contributed by atoms with E-state index in [1.54, 1.807) is 46.0 Å². The molecule has 0 aliphatic rings. The van der Waals surface area contributed by atoms with Gasteiger partial charge in [-0.05, 0) is 39.8 Å². The van der Waals surface area contributed by atoms with Crippen LogP contribution >= 0.6 is 0 Å². The van der Waals surface area contributed by atoms with Crippen molar-refractivity contribution >= 4 is 5.97 Å². The largest absolute Gasteiger partial charge is 0.488 e. The average molecular weight is 253 g/mol. The lowest BCUT2D eigenvalue weighted by Gasteiger charge is -2.25. The van der Waals surface area contributed by atoms with Crippen molar-refractivity contribution in [3.8, 4) is 5.75 Å². The van der Waals surface area contributed by atoms with Gasteiger partial charge in [-0.15, -0.1) is 0 Å². The Kier molecular flexibility index (Phi) is 4.53. The SMILES string of the molecule is CCOC(=O)C(C)(C)n1cccc(OCC)c1=O. The maximum Gasteiger partial charge on any atom is 0.331 e. The number of hydrogen-bond donors (Lipinski definition) is 0. The van der Waals surface area contributed by atoms with Crippen LogP contribution in [-0.4, -0.2) is 23.8 Å². The molecule has 0 saturated heterocycles. The summed E-state index contributed by atoms with van der Waals surface area (Å²) in [4.78, 5) is 24.0. The third-order valence-corrected chi connectivity index (χ3v) is 2.59. The van der Waals surface area contributed by atoms with Gasteiger partial charge in [0, 0.05) is 6.20 Å². The highest BCUT2D eigenvalue weighted by Gasteiger charge is 2.32. The van der Waals surface area contributed by atoms with Crippen molar-refractivity contribution < 1.29 is 14.3 Å². The first-order valence-electron chi connectivity index (χ1n) is 5.97. The molecule has 5 heteroatoms. The number of pyridine rings is 1. The molecule has 18 heavy (non-hydrogen) atoms. The summed E-state index contributed by atoms with van der Waals surface area (Å²) < 4.78 is 11.5. The lowest BCUT2D eigenvalue weighted by atomic mass is 10.1. The van der Waals surface area contributed by atoms with Crippen LogP contribution in [0, 0.1) is 0 Å². The van der Waals surface area contributed by atoms with E-state index in [-0.39, 0.29) is 17.9 Å². The number of ether oxygens (including phenoxy) is 2. The van der Waals surface area contributed by atoms with E-state index in [9.17, 15) is 9.59 Å². The molecule has 5 nitrogen and oxygen atoms in total. The summed E-state index contributed by atoms with van der Waals surface area (Å²) in [6, 6.07) is 3.26. The third kappa shape index (κ3) is 2.72. The molecule has 1 heterocycles. The van der Waals surface area contributed by atoms with Crippen LogP contribution in [0.4, 0.5) is 0 Å². The molecule has 1 aromatic heterocycles. The predicted octanol–water partition coefficient (Wildman–Crippen LogP) is 1.55. The number of esters is 1. The molecule has 0 bridgehead atoms. The van der Waals surface area contributed by atoms with Gasteiger partial charge in [-0.2, -0.15) is 0 Å². The Morgan fingerprint density at radius 1 is 1.33 bits per heavy atom. The summed E-state index contributed by atoms with van der Waals surface area (Å²) in [6.07, 6.45) is 1.56. The van der Waals surface area contributed by atoms with E-state index in [2.05, 4.69) is 0 Å². The first-order chi connectivity index (χ1) is 8.45. The maximum absolute atomic E-state index is 12.1. The topological polar surface area (TPSA) is 57.5 Å². The summed E-state index contributed by atoms with van der Waals surface area (Å²) >= 11 is 0. The van der Waals surface area contributed by atoms with E-state index in [0.717, 1.165) is 0 Å². The lowest BCUT2D eigenvalue weighted by Crippen LogP contribution is -2.43. The van der Waals surface area contributed by atoms with Crippen LogP contribution in [0.5, 0.6) is 5.75 Å². The quantitative estimate of drug-likeness (QED) is 0.747. The van der Waals surface area contributed by atoms with Crippen LogP contribution in [-0.2, 0) is 15.1 Å². The highest BCUT2D eigenvalue weighted by atomic mass is 16.5. The Hall–Kier alpha value is -1.78. The molecule has 100 valence electrons. The first-order valence-corrected chi connectivity index (χ1v) is 5.97. The normalized spacial score (nSPS) is 11.1. The van der Waals surface area contributed by atoms with Crippen LogP contribution in [0.15, 0.2) is 23.1 Å². The van der Waals surface area contributed by atoms with Crippen LogP contribution in [0.1, 0.15) is 27.7 Å². The molecule has 0 spiro atoms. The van der Waals surface area contributed by atoms with Gasteiger partial charge >= 0.3 is 5.97 Å². The zero-order chi connectivity index (χ0) is 13.8. The summed E-state index contributed by atoms with van der Waals surface area (Å²) in [7, 11) is 0. The second-order valence-corrected chi connectivity index (χ2v) is 4.26. The number of carbonyl (C=O) groups excluding carboxylic acids is 1. The number of rotatable bonds is 5. The molecule has 0 amide bonds. The van der Waals surface area contributed by atoms with Crippen molar-refractivity contribution in [1.82, 2.24) is 4.57 Å². The van der Waals surface area contributed by atoms with Crippen LogP contribution in [0.3, 0.4) is 0 Å². The lowest BCUT2D eigenvalue weighted by molar-refractivity contribution is -0.152. The van der Waals surface area contributed by atoms with Crippen molar-refractivity contribution in [3.63, 3.8) is 0 Å². The van der Waals surface area contributed by atoms with E-state index >= 15 is 0 Å². The van der Waals surface area contributed by atoms with E-state index in [1.807, 2.05) is 0 Å². The minimum atomic E-state index is -1.06. The van der Waals surface area contributed by atoms with E-state index in [0.29, 0.717) is 6.61 Å². The fourth-order valence-electron chi connectivity index (χ4n) is 1.59. The minimum absolute atomic E-state index is 0.234. The predicted molar refractivity (Wildman–Crippen MR) is 67.8 cm³/mol. The second kappa shape index (κ2) is 5.71. The smallest absolute Gasteiger partial charge is 0.331 e. The van der Waals surface area contributed by atoms with Crippen molar-refractivity contribution in [2.24, 2.45) is 0 Å². The van der Waals surface area contributed by atoms with Gasteiger partial charge in [0.1, 0.15) is 5.54 Å². The number of nitrogens with zero attached hydrogens (tertiary/aromatic N) is 1. The number of aromatic nitrogens is 1. The first kappa shape index (κ1) is 14.3. The van der Waals surface area contributed by atoms with Crippen LogP contribution in [0.25, 0.3) is 0 Å². The fourth-order valence-corrected chi connectivity index (χ4v) is 1.59. The van der Waals surface area contributed by atoms with Gasteiger partial charge in [0.05, 0.1) is 13.2 Å². The number of hydrogen-bond acceptors (Lipinski definition) is 4. The minimum Gasteiger partial charge on any atom is -0.488 e. The summed E-state index contributed by atoms with van der Waals surface area (Å²) in [6.45, 7) is 7.49. The molecule has 0 unspecified atom stereocenters. The average Bonchev–Trinajstić information content (AvgIpc) is 2.32. The van der Waals surface area contributed by atoms with Gasteiger partial charge < -0.3 is 9.47 Å². The van der Waals surface area contributed by atoms with E-state index in [4.69, 9.17) is 9.47 Å². The zero-order valence-corrected chi connectivity index (χ0v) is 11.2. The fraction of sp³-hybridized carbons (Fsp3) is 0.538. The Labute approximate surface area is 106 Å². The third-order valence-electron chi connectivity index (χ3n) is 2.59. The molecule has 0 aliphatic heterocycles. The molecule has 0 N–H and O–H groups in total.